The summed E-state index contributed by atoms with van der Waals surface area (Å²) in [6.45, 7) is 5.93. The predicted octanol–water partition coefficient (Wildman–Crippen LogP) is 3.91. The molecule has 4 rings (SSSR count). The van der Waals surface area contributed by atoms with Crippen molar-refractivity contribution in [1.29, 1.82) is 0 Å². The summed E-state index contributed by atoms with van der Waals surface area (Å²) in [5.74, 6) is 1.61. The van der Waals surface area contributed by atoms with Crippen molar-refractivity contribution in [3.8, 4) is 0 Å². The molecule has 2 aliphatic rings. The number of likely N-dealkylation sites (tertiary alicyclic amines) is 1. The lowest BCUT2D eigenvalue weighted by atomic mass is 10.0. The van der Waals surface area contributed by atoms with E-state index < -0.39 is 0 Å². The van der Waals surface area contributed by atoms with Crippen molar-refractivity contribution >= 4 is 5.91 Å². The van der Waals surface area contributed by atoms with Crippen LogP contribution in [0.3, 0.4) is 0 Å². The Kier molecular flexibility index (Phi) is 4.81. The smallest absolute Gasteiger partial charge is 0.257 e. The Morgan fingerprint density at radius 1 is 1.12 bits per heavy atom. The Bertz CT molecular complexity index is 791. The van der Waals surface area contributed by atoms with E-state index in [0.29, 0.717) is 6.54 Å². The first-order valence-electron chi connectivity index (χ1n) is 9.49. The van der Waals surface area contributed by atoms with Crippen LogP contribution >= 0.6 is 0 Å². The van der Waals surface area contributed by atoms with Gasteiger partial charge in [0.2, 0.25) is 0 Å². The first-order chi connectivity index (χ1) is 12.6. The first kappa shape index (κ1) is 17.3. The lowest BCUT2D eigenvalue weighted by molar-refractivity contribution is 0.0720. The van der Waals surface area contributed by atoms with Gasteiger partial charge in [-0.3, -0.25) is 9.69 Å². The molecule has 0 saturated carbocycles. The zero-order valence-corrected chi connectivity index (χ0v) is 15.3. The van der Waals surface area contributed by atoms with Gasteiger partial charge in [-0.25, -0.2) is 4.39 Å². The molecule has 0 spiro atoms. The number of nitrogens with zero attached hydrogens (tertiary/aromatic N) is 2. The van der Waals surface area contributed by atoms with Gasteiger partial charge in [0.25, 0.3) is 5.91 Å². The highest BCUT2D eigenvalue weighted by Crippen LogP contribution is 2.30. The van der Waals surface area contributed by atoms with Gasteiger partial charge in [0.05, 0.1) is 5.56 Å². The van der Waals surface area contributed by atoms with Gasteiger partial charge < -0.3 is 9.32 Å². The van der Waals surface area contributed by atoms with Crippen LogP contribution in [0.25, 0.3) is 0 Å². The monoisotopic (exact) mass is 356 g/mol. The van der Waals surface area contributed by atoms with Crippen LogP contribution in [0.5, 0.6) is 0 Å². The van der Waals surface area contributed by atoms with Crippen molar-refractivity contribution < 1.29 is 13.6 Å². The molecule has 0 unspecified atom stereocenters. The second-order valence-corrected chi connectivity index (χ2v) is 7.37. The van der Waals surface area contributed by atoms with E-state index in [0.717, 1.165) is 73.7 Å². The van der Waals surface area contributed by atoms with Gasteiger partial charge in [0.1, 0.15) is 17.3 Å². The van der Waals surface area contributed by atoms with Crippen molar-refractivity contribution in [2.45, 2.75) is 45.7 Å². The van der Waals surface area contributed by atoms with Crippen LogP contribution in [0.4, 0.5) is 4.39 Å². The summed E-state index contributed by atoms with van der Waals surface area (Å²) in [5.41, 5.74) is 2.90. The number of rotatable bonds is 3. The van der Waals surface area contributed by atoms with Gasteiger partial charge in [0, 0.05) is 44.7 Å². The number of furan rings is 1. The van der Waals surface area contributed by atoms with Crippen molar-refractivity contribution in [1.82, 2.24) is 9.80 Å². The maximum atomic E-state index is 13.1. The third-order valence-electron chi connectivity index (χ3n) is 5.48. The molecule has 0 atom stereocenters. The highest BCUT2D eigenvalue weighted by Gasteiger charge is 2.31. The minimum Gasteiger partial charge on any atom is -0.465 e. The van der Waals surface area contributed by atoms with Gasteiger partial charge >= 0.3 is 0 Å². The summed E-state index contributed by atoms with van der Waals surface area (Å²) in [7, 11) is 0. The van der Waals surface area contributed by atoms with E-state index >= 15 is 0 Å². The summed E-state index contributed by atoms with van der Waals surface area (Å²) in [6.07, 6.45) is 4.19. The second-order valence-electron chi connectivity index (χ2n) is 7.37. The molecule has 2 aromatic rings. The maximum absolute atomic E-state index is 13.1. The number of piperidine rings is 1. The zero-order valence-electron chi connectivity index (χ0n) is 15.3. The minimum atomic E-state index is -0.213. The quantitative estimate of drug-likeness (QED) is 0.837. The van der Waals surface area contributed by atoms with Gasteiger partial charge in [0.15, 0.2) is 0 Å². The third kappa shape index (κ3) is 3.40. The summed E-state index contributed by atoms with van der Waals surface area (Å²) < 4.78 is 19.1. The highest BCUT2D eigenvalue weighted by atomic mass is 19.1. The van der Waals surface area contributed by atoms with Gasteiger partial charge in [-0.1, -0.05) is 12.1 Å². The topological polar surface area (TPSA) is 36.7 Å². The number of halogens is 1. The van der Waals surface area contributed by atoms with Crippen LogP contribution in [0, 0.1) is 12.7 Å². The Labute approximate surface area is 153 Å². The molecule has 0 bridgehead atoms. The van der Waals surface area contributed by atoms with Crippen LogP contribution in [-0.2, 0) is 19.5 Å². The number of amides is 1. The average molecular weight is 356 g/mol. The van der Waals surface area contributed by atoms with Crippen LogP contribution in [0.2, 0.25) is 0 Å². The van der Waals surface area contributed by atoms with Crippen LogP contribution in [0.15, 0.2) is 28.7 Å². The van der Waals surface area contributed by atoms with E-state index in [9.17, 15) is 9.18 Å². The summed E-state index contributed by atoms with van der Waals surface area (Å²) in [5, 5.41) is 0. The SMILES string of the molecule is Cc1oc2c(c1C(=O)N1CCCCC1)CN(Cc1ccc(F)cc1)CC2. The minimum absolute atomic E-state index is 0.121. The molecular weight excluding hydrogens is 331 g/mol. The molecule has 0 radical (unpaired) electrons. The fourth-order valence-electron chi connectivity index (χ4n) is 4.10. The number of fused-ring (bicyclic) bond motifs is 1. The summed E-state index contributed by atoms with van der Waals surface area (Å²) in [4.78, 5) is 17.3. The predicted molar refractivity (Wildman–Crippen MR) is 97.4 cm³/mol. The molecule has 1 aromatic heterocycles. The van der Waals surface area contributed by atoms with Gasteiger partial charge in [-0.05, 0) is 43.9 Å². The molecule has 1 aromatic carbocycles. The molecule has 5 heteroatoms. The number of benzene rings is 1. The molecule has 3 heterocycles. The molecule has 4 nitrogen and oxygen atoms in total. The molecule has 0 N–H and O–H groups in total. The molecule has 138 valence electrons. The van der Waals surface area contributed by atoms with E-state index in [-0.39, 0.29) is 11.7 Å². The average Bonchev–Trinajstić information content (AvgIpc) is 2.99. The maximum Gasteiger partial charge on any atom is 0.257 e. The van der Waals surface area contributed by atoms with E-state index in [1.165, 1.54) is 18.6 Å². The molecule has 0 aliphatic carbocycles. The largest absolute Gasteiger partial charge is 0.465 e. The standard InChI is InChI=1S/C21H25FN2O2/c1-15-20(21(25)24-10-3-2-4-11-24)18-14-23(12-9-19(18)26-15)13-16-5-7-17(22)8-6-16/h5-8H,2-4,9-14H2,1H3. The Morgan fingerprint density at radius 2 is 1.85 bits per heavy atom. The van der Waals surface area contributed by atoms with Crippen molar-refractivity contribution in [2.75, 3.05) is 19.6 Å². The van der Waals surface area contributed by atoms with E-state index in [1.54, 1.807) is 0 Å². The molecular formula is C21H25FN2O2. The molecule has 2 aliphatic heterocycles. The van der Waals surface area contributed by atoms with Crippen molar-refractivity contribution in [3.05, 3.63) is 58.3 Å². The molecule has 1 fully saturated rings. The lowest BCUT2D eigenvalue weighted by Crippen LogP contribution is -2.37. The number of carbonyl (C=O) groups excluding carboxylic acids is 1. The zero-order chi connectivity index (χ0) is 18.1. The van der Waals surface area contributed by atoms with Crippen LogP contribution < -0.4 is 0 Å². The number of hydrogen-bond acceptors (Lipinski definition) is 3. The summed E-state index contributed by atoms with van der Waals surface area (Å²) >= 11 is 0. The summed E-state index contributed by atoms with van der Waals surface area (Å²) in [6, 6.07) is 6.65. The Balaban J connectivity index is 1.54. The third-order valence-corrected chi connectivity index (χ3v) is 5.48. The number of carbonyl (C=O) groups is 1. The van der Waals surface area contributed by atoms with Crippen LogP contribution in [-0.4, -0.2) is 35.3 Å². The number of hydrogen-bond donors (Lipinski definition) is 0. The molecule has 1 amide bonds. The first-order valence-corrected chi connectivity index (χ1v) is 9.49. The molecule has 26 heavy (non-hydrogen) atoms. The van der Waals surface area contributed by atoms with Gasteiger partial charge in [-0.15, -0.1) is 0 Å². The fourth-order valence-corrected chi connectivity index (χ4v) is 4.10. The van der Waals surface area contributed by atoms with Crippen molar-refractivity contribution in [3.63, 3.8) is 0 Å². The number of aryl methyl sites for hydroxylation is 1. The Morgan fingerprint density at radius 3 is 2.58 bits per heavy atom. The van der Waals surface area contributed by atoms with Crippen molar-refractivity contribution in [2.24, 2.45) is 0 Å². The molecule has 1 saturated heterocycles. The van der Waals surface area contributed by atoms with E-state index in [1.807, 2.05) is 24.0 Å². The Hall–Kier alpha value is -2.14. The van der Waals surface area contributed by atoms with Crippen LogP contribution in [0.1, 0.15) is 52.3 Å². The fraction of sp³-hybridized carbons (Fsp3) is 0.476. The van der Waals surface area contributed by atoms with Gasteiger partial charge in [-0.2, -0.15) is 0 Å². The normalized spacial score (nSPS) is 18.0. The van der Waals surface area contributed by atoms with E-state index in [2.05, 4.69) is 4.90 Å². The lowest BCUT2D eigenvalue weighted by Gasteiger charge is -2.29. The van der Waals surface area contributed by atoms with E-state index in [4.69, 9.17) is 4.42 Å². The second kappa shape index (κ2) is 7.23. The highest BCUT2D eigenvalue weighted by molar-refractivity contribution is 5.97.